The summed E-state index contributed by atoms with van der Waals surface area (Å²) < 4.78 is 0. The molecule has 0 radical (unpaired) electrons. The van der Waals surface area contributed by atoms with Gasteiger partial charge in [-0.1, -0.05) is 45.4 Å². The molecule has 0 fully saturated rings. The van der Waals surface area contributed by atoms with Crippen LogP contribution in [-0.4, -0.2) is 81.0 Å². The quantitative estimate of drug-likeness (QED) is 0.282. The summed E-state index contributed by atoms with van der Waals surface area (Å²) >= 11 is 0. The molecule has 0 spiro atoms. The first-order valence-electron chi connectivity index (χ1n) is 8.92. The minimum atomic E-state index is -1.67. The highest BCUT2D eigenvalue weighted by Gasteiger charge is 2.31. The zero-order chi connectivity index (χ0) is 18.5. The normalized spacial score (nSPS) is 16.5. The molecular weight excluding hydrogens is 314 g/mol. The highest BCUT2D eigenvalue weighted by Crippen LogP contribution is 2.10. The van der Waals surface area contributed by atoms with Crippen molar-refractivity contribution < 1.29 is 30.3 Å². The standard InChI is InChI=1S/C17H35NO6/c1-3-4-5-6-7-8-9-10-15(22)18(2)11-13(20)16(23)17(24)14(21)12-19/h13-14,16-17,19-21,23-24H,3-12H2,1-2H3/t13-,14-,16+,17-/m1/s1. The molecule has 0 aromatic carbocycles. The molecule has 24 heavy (non-hydrogen) atoms. The van der Waals surface area contributed by atoms with Gasteiger partial charge >= 0.3 is 0 Å². The Morgan fingerprint density at radius 1 is 0.875 bits per heavy atom. The Balaban J connectivity index is 3.99. The Kier molecular flexibility index (Phi) is 13.1. The molecule has 0 aliphatic heterocycles. The lowest BCUT2D eigenvalue weighted by atomic mass is 10.0. The molecule has 0 bridgehead atoms. The summed E-state index contributed by atoms with van der Waals surface area (Å²) in [6, 6.07) is 0. The van der Waals surface area contributed by atoms with Crippen LogP contribution in [0.3, 0.4) is 0 Å². The fourth-order valence-corrected chi connectivity index (χ4v) is 2.48. The predicted octanol–water partition coefficient (Wildman–Crippen LogP) is 0.0214. The maximum Gasteiger partial charge on any atom is 0.222 e. The van der Waals surface area contributed by atoms with Crippen LogP contribution >= 0.6 is 0 Å². The van der Waals surface area contributed by atoms with Gasteiger partial charge in [0.25, 0.3) is 0 Å². The maximum atomic E-state index is 12.0. The van der Waals surface area contributed by atoms with Gasteiger partial charge in [-0.2, -0.15) is 0 Å². The van der Waals surface area contributed by atoms with Crippen molar-refractivity contribution in [2.75, 3.05) is 20.2 Å². The zero-order valence-corrected chi connectivity index (χ0v) is 15.0. The van der Waals surface area contributed by atoms with E-state index in [1.807, 2.05) is 0 Å². The van der Waals surface area contributed by atoms with Crippen molar-refractivity contribution in [1.29, 1.82) is 0 Å². The van der Waals surface area contributed by atoms with Crippen LogP contribution in [0.25, 0.3) is 0 Å². The van der Waals surface area contributed by atoms with E-state index in [-0.39, 0.29) is 12.5 Å². The van der Waals surface area contributed by atoms with E-state index < -0.39 is 31.0 Å². The third-order valence-electron chi connectivity index (χ3n) is 4.21. The molecule has 0 aromatic rings. The lowest BCUT2D eigenvalue weighted by Gasteiger charge is -2.28. The Hall–Kier alpha value is -0.730. The van der Waals surface area contributed by atoms with Crippen LogP contribution in [0.2, 0.25) is 0 Å². The zero-order valence-electron chi connectivity index (χ0n) is 15.0. The molecule has 0 aromatic heterocycles. The second kappa shape index (κ2) is 13.5. The van der Waals surface area contributed by atoms with Crippen molar-refractivity contribution in [3.8, 4) is 0 Å². The summed E-state index contributed by atoms with van der Waals surface area (Å²) in [5, 5.41) is 47.1. The summed E-state index contributed by atoms with van der Waals surface area (Å²) in [6.45, 7) is 1.30. The van der Waals surface area contributed by atoms with Gasteiger partial charge in [0.05, 0.1) is 6.61 Å². The Bertz CT molecular complexity index is 328. The molecule has 1 amide bonds. The lowest BCUT2D eigenvalue weighted by Crippen LogP contribution is -2.49. The fraction of sp³-hybridized carbons (Fsp3) is 0.941. The van der Waals surface area contributed by atoms with Gasteiger partial charge in [-0.15, -0.1) is 0 Å². The van der Waals surface area contributed by atoms with Crippen LogP contribution in [0.1, 0.15) is 58.3 Å². The third-order valence-corrected chi connectivity index (χ3v) is 4.21. The molecule has 0 saturated heterocycles. The van der Waals surface area contributed by atoms with Gasteiger partial charge in [-0.05, 0) is 6.42 Å². The third kappa shape index (κ3) is 9.54. The van der Waals surface area contributed by atoms with Gasteiger partial charge in [-0.25, -0.2) is 0 Å². The number of nitrogens with zero attached hydrogens (tertiary/aromatic N) is 1. The molecule has 0 saturated carbocycles. The number of unbranched alkanes of at least 4 members (excludes halogenated alkanes) is 6. The molecule has 7 nitrogen and oxygen atoms in total. The van der Waals surface area contributed by atoms with Gasteiger partial charge in [0.15, 0.2) is 0 Å². The molecule has 7 heteroatoms. The summed E-state index contributed by atoms with van der Waals surface area (Å²) in [4.78, 5) is 13.3. The van der Waals surface area contributed by atoms with Crippen LogP contribution in [0.15, 0.2) is 0 Å². The summed E-state index contributed by atoms with van der Waals surface area (Å²) in [5.74, 6) is -0.132. The smallest absolute Gasteiger partial charge is 0.222 e. The van der Waals surface area contributed by atoms with Crippen molar-refractivity contribution in [2.24, 2.45) is 0 Å². The molecule has 0 heterocycles. The van der Waals surface area contributed by atoms with E-state index in [0.29, 0.717) is 6.42 Å². The van der Waals surface area contributed by atoms with Crippen LogP contribution < -0.4 is 0 Å². The Morgan fingerprint density at radius 2 is 1.38 bits per heavy atom. The van der Waals surface area contributed by atoms with Gasteiger partial charge in [0.2, 0.25) is 5.91 Å². The van der Waals surface area contributed by atoms with E-state index in [4.69, 9.17) is 5.11 Å². The first kappa shape index (κ1) is 23.3. The lowest BCUT2D eigenvalue weighted by molar-refractivity contribution is -0.138. The first-order chi connectivity index (χ1) is 11.3. The second-order valence-electron chi connectivity index (χ2n) is 6.44. The van der Waals surface area contributed by atoms with Gasteiger partial charge in [-0.3, -0.25) is 4.79 Å². The van der Waals surface area contributed by atoms with E-state index in [9.17, 15) is 25.2 Å². The maximum absolute atomic E-state index is 12.0. The topological polar surface area (TPSA) is 121 Å². The van der Waals surface area contributed by atoms with Crippen molar-refractivity contribution >= 4 is 5.91 Å². The van der Waals surface area contributed by atoms with E-state index in [2.05, 4.69) is 6.92 Å². The molecule has 0 rings (SSSR count). The predicted molar refractivity (Wildman–Crippen MR) is 91.4 cm³/mol. The minimum Gasteiger partial charge on any atom is -0.394 e. The molecule has 0 aliphatic carbocycles. The number of hydrogen-bond acceptors (Lipinski definition) is 6. The average Bonchev–Trinajstić information content (AvgIpc) is 2.58. The van der Waals surface area contributed by atoms with Crippen molar-refractivity contribution in [1.82, 2.24) is 4.90 Å². The molecule has 0 unspecified atom stereocenters. The number of hydrogen-bond donors (Lipinski definition) is 5. The van der Waals surface area contributed by atoms with Crippen LogP contribution in [0.5, 0.6) is 0 Å². The number of amides is 1. The van der Waals surface area contributed by atoms with Crippen LogP contribution in [0.4, 0.5) is 0 Å². The largest absolute Gasteiger partial charge is 0.394 e. The SMILES string of the molecule is CCCCCCCCCC(=O)N(C)C[C@@H](O)[C@H](O)[C@H](O)[C@H](O)CO. The van der Waals surface area contributed by atoms with Crippen molar-refractivity contribution in [2.45, 2.75) is 82.7 Å². The summed E-state index contributed by atoms with van der Waals surface area (Å²) in [7, 11) is 1.52. The monoisotopic (exact) mass is 349 g/mol. The number of carbonyl (C=O) groups excluding carboxylic acids is 1. The number of likely N-dealkylation sites (N-methyl/N-ethyl adjacent to an activating group) is 1. The molecule has 4 atom stereocenters. The van der Waals surface area contributed by atoms with Crippen LogP contribution in [-0.2, 0) is 4.79 Å². The molecule has 5 N–H and O–H groups in total. The first-order valence-corrected chi connectivity index (χ1v) is 8.92. The van der Waals surface area contributed by atoms with E-state index >= 15 is 0 Å². The number of aliphatic hydroxyl groups excluding tert-OH is 5. The van der Waals surface area contributed by atoms with Crippen molar-refractivity contribution in [3.05, 3.63) is 0 Å². The summed E-state index contributed by atoms with van der Waals surface area (Å²) in [5.41, 5.74) is 0. The molecular formula is C17H35NO6. The number of aliphatic hydroxyl groups is 5. The van der Waals surface area contributed by atoms with E-state index in [1.54, 1.807) is 0 Å². The highest BCUT2D eigenvalue weighted by molar-refractivity contribution is 5.75. The Labute approximate surface area is 144 Å². The van der Waals surface area contributed by atoms with Crippen molar-refractivity contribution in [3.63, 3.8) is 0 Å². The average molecular weight is 349 g/mol. The second-order valence-corrected chi connectivity index (χ2v) is 6.44. The fourth-order valence-electron chi connectivity index (χ4n) is 2.48. The van der Waals surface area contributed by atoms with E-state index in [1.165, 1.54) is 37.6 Å². The number of carbonyl (C=O) groups is 1. The molecule has 0 aliphatic rings. The summed E-state index contributed by atoms with van der Waals surface area (Å²) in [6.07, 6.45) is 1.92. The Morgan fingerprint density at radius 3 is 1.92 bits per heavy atom. The van der Waals surface area contributed by atoms with Gasteiger partial charge in [0, 0.05) is 20.0 Å². The highest BCUT2D eigenvalue weighted by atomic mass is 16.4. The van der Waals surface area contributed by atoms with E-state index in [0.717, 1.165) is 19.3 Å². The van der Waals surface area contributed by atoms with Crippen LogP contribution in [0, 0.1) is 0 Å². The van der Waals surface area contributed by atoms with Gasteiger partial charge in [0.1, 0.15) is 24.4 Å². The molecule has 144 valence electrons. The minimum absolute atomic E-state index is 0.132. The number of rotatable bonds is 14. The van der Waals surface area contributed by atoms with Gasteiger partial charge < -0.3 is 30.4 Å².